The van der Waals surface area contributed by atoms with Gasteiger partial charge in [-0.2, -0.15) is 0 Å². The molecule has 0 aromatic heterocycles. The fourth-order valence-electron chi connectivity index (χ4n) is 3.35. The number of anilines is 1. The first-order valence-electron chi connectivity index (χ1n) is 9.35. The molecule has 6 heteroatoms. The molecule has 146 valence electrons. The molecule has 2 N–H and O–H groups in total. The monoisotopic (exact) mass is 373 g/mol. The largest absolute Gasteiger partial charge is 0.497 e. The molecule has 0 bridgehead atoms. The van der Waals surface area contributed by atoms with Gasteiger partial charge in [-0.25, -0.2) is 0 Å². The lowest BCUT2D eigenvalue weighted by Gasteiger charge is -2.34. The van der Waals surface area contributed by atoms with Crippen LogP contribution in [-0.2, 0) is 0 Å². The topological polar surface area (TPSA) is 55.6 Å². The average Bonchev–Trinajstić information content (AvgIpc) is 2.73. The number of aliphatic hydroxyl groups excluding tert-OH is 1. The third kappa shape index (κ3) is 5.52. The highest BCUT2D eigenvalue weighted by Crippen LogP contribution is 2.20. The van der Waals surface area contributed by atoms with Gasteiger partial charge in [0.15, 0.2) is 0 Å². The van der Waals surface area contributed by atoms with E-state index < -0.39 is 6.10 Å². The molecule has 0 spiro atoms. The van der Waals surface area contributed by atoms with E-state index in [9.17, 15) is 5.11 Å². The Morgan fingerprint density at radius 1 is 0.963 bits per heavy atom. The first-order valence-corrected chi connectivity index (χ1v) is 9.35. The number of piperazine rings is 1. The van der Waals surface area contributed by atoms with Crippen LogP contribution >= 0.6 is 0 Å². The van der Waals surface area contributed by atoms with Crippen molar-refractivity contribution in [3.05, 3.63) is 48.5 Å². The number of hydrogen-bond donors (Lipinski definition) is 2. The number of nitrogens with zero attached hydrogens (tertiary/aromatic N) is 1. The fourth-order valence-corrected chi connectivity index (χ4v) is 3.35. The summed E-state index contributed by atoms with van der Waals surface area (Å²) in [4.78, 5) is 3.78. The minimum Gasteiger partial charge on any atom is -0.497 e. The zero-order valence-corrected chi connectivity index (χ0v) is 16.1. The van der Waals surface area contributed by atoms with E-state index in [1.165, 1.54) is 10.6 Å². The van der Waals surface area contributed by atoms with Crippen LogP contribution in [0.4, 0.5) is 5.69 Å². The van der Waals surface area contributed by atoms with Crippen LogP contribution in [0, 0.1) is 0 Å². The van der Waals surface area contributed by atoms with Crippen LogP contribution in [0.1, 0.15) is 0 Å². The molecular weight excluding hydrogens is 344 g/mol. The maximum Gasteiger partial charge on any atom is 0.137 e. The molecule has 1 saturated heterocycles. The molecule has 1 heterocycles. The number of aliphatic hydroxyl groups is 1. The van der Waals surface area contributed by atoms with Gasteiger partial charge < -0.3 is 29.1 Å². The van der Waals surface area contributed by atoms with E-state index in [1.54, 1.807) is 14.2 Å². The third-order valence-electron chi connectivity index (χ3n) is 4.92. The van der Waals surface area contributed by atoms with Crippen LogP contribution in [0.5, 0.6) is 17.2 Å². The van der Waals surface area contributed by atoms with Crippen molar-refractivity contribution >= 4 is 5.69 Å². The lowest BCUT2D eigenvalue weighted by molar-refractivity contribution is -0.903. The highest BCUT2D eigenvalue weighted by molar-refractivity contribution is 5.49. The molecule has 1 aliphatic heterocycles. The number of rotatable bonds is 8. The molecule has 1 atom stereocenters. The summed E-state index contributed by atoms with van der Waals surface area (Å²) < 4.78 is 16.1. The fraction of sp³-hybridized carbons (Fsp3) is 0.429. The predicted molar refractivity (Wildman–Crippen MR) is 105 cm³/mol. The predicted octanol–water partition coefficient (Wildman–Crippen LogP) is 0.849. The summed E-state index contributed by atoms with van der Waals surface area (Å²) in [5, 5.41) is 10.3. The molecule has 1 unspecified atom stereocenters. The van der Waals surface area contributed by atoms with Gasteiger partial charge in [0.05, 0.1) is 40.4 Å². The number of methoxy groups -OCH3 is 2. The summed E-state index contributed by atoms with van der Waals surface area (Å²) in [6.45, 7) is 4.94. The van der Waals surface area contributed by atoms with Gasteiger partial charge in [0.2, 0.25) is 0 Å². The lowest BCUT2D eigenvalue weighted by atomic mass is 10.2. The number of benzene rings is 2. The highest BCUT2D eigenvalue weighted by Gasteiger charge is 2.23. The van der Waals surface area contributed by atoms with Crippen LogP contribution in [0.25, 0.3) is 0 Å². The van der Waals surface area contributed by atoms with Gasteiger partial charge in [-0.05, 0) is 36.4 Å². The smallest absolute Gasteiger partial charge is 0.137 e. The summed E-state index contributed by atoms with van der Waals surface area (Å²) >= 11 is 0. The first-order chi connectivity index (χ1) is 13.2. The van der Waals surface area contributed by atoms with Gasteiger partial charge in [0.25, 0.3) is 0 Å². The molecule has 27 heavy (non-hydrogen) atoms. The van der Waals surface area contributed by atoms with E-state index in [4.69, 9.17) is 14.2 Å². The normalized spacial score (nSPS) is 16.0. The van der Waals surface area contributed by atoms with Crippen molar-refractivity contribution in [1.29, 1.82) is 0 Å². The third-order valence-corrected chi connectivity index (χ3v) is 4.92. The zero-order chi connectivity index (χ0) is 19.1. The van der Waals surface area contributed by atoms with Gasteiger partial charge in [-0.3, -0.25) is 0 Å². The summed E-state index contributed by atoms with van der Waals surface area (Å²) in [6.07, 6.45) is -0.487. The molecule has 1 aliphatic rings. The van der Waals surface area contributed by atoms with Crippen molar-refractivity contribution in [2.45, 2.75) is 6.10 Å². The Hall–Kier alpha value is -2.44. The van der Waals surface area contributed by atoms with E-state index in [2.05, 4.69) is 17.0 Å². The van der Waals surface area contributed by atoms with Crippen LogP contribution in [0.2, 0.25) is 0 Å². The first kappa shape index (κ1) is 19.3. The molecule has 0 aliphatic carbocycles. The maximum absolute atomic E-state index is 10.3. The van der Waals surface area contributed by atoms with Crippen molar-refractivity contribution in [2.24, 2.45) is 0 Å². The molecular formula is C21H29N2O4+. The second-order valence-electron chi connectivity index (χ2n) is 6.78. The van der Waals surface area contributed by atoms with E-state index >= 15 is 0 Å². The molecule has 2 aromatic carbocycles. The van der Waals surface area contributed by atoms with Gasteiger partial charge in [-0.1, -0.05) is 6.07 Å². The van der Waals surface area contributed by atoms with Gasteiger partial charge >= 0.3 is 0 Å². The quantitative estimate of drug-likeness (QED) is 0.719. The van der Waals surface area contributed by atoms with Crippen molar-refractivity contribution in [2.75, 3.05) is 58.5 Å². The van der Waals surface area contributed by atoms with Crippen molar-refractivity contribution in [1.82, 2.24) is 0 Å². The summed E-state index contributed by atoms with van der Waals surface area (Å²) in [5.41, 5.74) is 1.22. The van der Waals surface area contributed by atoms with Crippen LogP contribution < -0.4 is 24.0 Å². The molecule has 3 rings (SSSR count). The Labute approximate surface area is 160 Å². The van der Waals surface area contributed by atoms with Gasteiger partial charge in [0, 0.05) is 11.8 Å². The Morgan fingerprint density at radius 3 is 2.30 bits per heavy atom. The minimum absolute atomic E-state index is 0.291. The Bertz CT molecular complexity index is 700. The van der Waals surface area contributed by atoms with E-state index in [-0.39, 0.29) is 0 Å². The van der Waals surface area contributed by atoms with Crippen LogP contribution in [0.15, 0.2) is 48.5 Å². The van der Waals surface area contributed by atoms with E-state index in [1.807, 2.05) is 36.4 Å². The Kier molecular flexibility index (Phi) is 6.79. The SMILES string of the molecule is COc1ccc(N2CC[NH+](CC(O)COc3cccc(OC)c3)CC2)cc1. The van der Waals surface area contributed by atoms with Gasteiger partial charge in [-0.15, -0.1) is 0 Å². The number of quaternary nitrogens is 1. The van der Waals surface area contributed by atoms with Crippen molar-refractivity contribution in [3.63, 3.8) is 0 Å². The zero-order valence-electron chi connectivity index (χ0n) is 16.1. The molecule has 0 radical (unpaired) electrons. The maximum atomic E-state index is 10.3. The average molecular weight is 373 g/mol. The minimum atomic E-state index is -0.487. The molecule has 2 aromatic rings. The number of hydrogen-bond acceptors (Lipinski definition) is 5. The Morgan fingerprint density at radius 2 is 1.63 bits per heavy atom. The molecule has 1 fully saturated rings. The lowest BCUT2D eigenvalue weighted by Crippen LogP contribution is -3.16. The molecule has 0 saturated carbocycles. The van der Waals surface area contributed by atoms with Crippen molar-refractivity contribution < 1.29 is 24.2 Å². The standard InChI is InChI=1S/C21H28N2O4/c1-25-19-8-6-17(7-9-19)23-12-10-22(11-13-23)15-18(24)16-27-21-5-3-4-20(14-21)26-2/h3-9,14,18,24H,10-13,15-16H2,1-2H3/p+1. The second kappa shape index (κ2) is 9.48. The van der Waals surface area contributed by atoms with Gasteiger partial charge in [0.1, 0.15) is 36.5 Å². The summed E-state index contributed by atoms with van der Waals surface area (Å²) in [5.74, 6) is 2.34. The number of ether oxygens (including phenoxy) is 3. The molecule has 0 amide bonds. The van der Waals surface area contributed by atoms with E-state index in [0.29, 0.717) is 18.9 Å². The second-order valence-corrected chi connectivity index (χ2v) is 6.78. The van der Waals surface area contributed by atoms with Crippen molar-refractivity contribution in [3.8, 4) is 17.2 Å². The summed E-state index contributed by atoms with van der Waals surface area (Å²) in [6, 6.07) is 15.6. The summed E-state index contributed by atoms with van der Waals surface area (Å²) in [7, 11) is 3.31. The van der Waals surface area contributed by atoms with E-state index in [0.717, 1.165) is 37.7 Å². The van der Waals surface area contributed by atoms with Crippen LogP contribution in [0.3, 0.4) is 0 Å². The van der Waals surface area contributed by atoms with Crippen LogP contribution in [-0.4, -0.2) is 64.8 Å². The Balaban J connectivity index is 1.41. The number of nitrogens with one attached hydrogen (secondary N) is 1. The molecule has 6 nitrogen and oxygen atoms in total. The highest BCUT2D eigenvalue weighted by atomic mass is 16.5.